The van der Waals surface area contributed by atoms with Crippen molar-refractivity contribution in [2.75, 3.05) is 11.9 Å². The third-order valence-electron chi connectivity index (χ3n) is 2.31. The predicted molar refractivity (Wildman–Crippen MR) is 63.6 cm³/mol. The molecule has 94 valence electrons. The molecule has 0 saturated carbocycles. The minimum absolute atomic E-state index is 0.262. The van der Waals surface area contributed by atoms with Crippen LogP contribution in [0.5, 0.6) is 0 Å². The van der Waals surface area contributed by atoms with Gasteiger partial charge in [-0.25, -0.2) is 9.18 Å². The van der Waals surface area contributed by atoms with Crippen molar-refractivity contribution in [3.05, 3.63) is 47.9 Å². The van der Waals surface area contributed by atoms with Crippen LogP contribution in [0.4, 0.5) is 15.1 Å². The smallest absolute Gasteiger partial charge is 0.321 e. The molecule has 0 aliphatic carbocycles. The van der Waals surface area contributed by atoms with E-state index in [1.165, 1.54) is 18.3 Å². The summed E-state index contributed by atoms with van der Waals surface area (Å²) >= 11 is 0. The van der Waals surface area contributed by atoms with Crippen molar-refractivity contribution in [2.45, 2.75) is 6.42 Å². The molecule has 0 atom stereocenters. The van der Waals surface area contributed by atoms with Gasteiger partial charge in [-0.1, -0.05) is 23.4 Å². The molecule has 0 unspecified atom stereocenters. The first-order valence-corrected chi connectivity index (χ1v) is 5.44. The van der Waals surface area contributed by atoms with Crippen LogP contribution in [0.15, 0.2) is 41.1 Å². The van der Waals surface area contributed by atoms with Crippen molar-refractivity contribution in [1.82, 2.24) is 10.5 Å². The molecule has 5 nitrogen and oxygen atoms in total. The van der Waals surface area contributed by atoms with E-state index in [2.05, 4.69) is 15.8 Å². The summed E-state index contributed by atoms with van der Waals surface area (Å²) in [6.45, 7) is 0.334. The second kappa shape index (κ2) is 5.81. The van der Waals surface area contributed by atoms with E-state index in [4.69, 9.17) is 4.52 Å². The molecule has 0 aliphatic rings. The lowest BCUT2D eigenvalue weighted by Gasteiger charge is -2.05. The maximum Gasteiger partial charge on any atom is 0.321 e. The number of hydrogen-bond acceptors (Lipinski definition) is 3. The van der Waals surface area contributed by atoms with Gasteiger partial charge in [0.2, 0.25) is 5.88 Å². The SMILES string of the molecule is O=C(NCCc1ccccc1F)Nc1ccno1. The van der Waals surface area contributed by atoms with Gasteiger partial charge in [0, 0.05) is 12.6 Å². The minimum atomic E-state index is -0.414. The van der Waals surface area contributed by atoms with E-state index in [-0.39, 0.29) is 11.7 Å². The van der Waals surface area contributed by atoms with E-state index >= 15 is 0 Å². The van der Waals surface area contributed by atoms with Gasteiger partial charge >= 0.3 is 6.03 Å². The summed E-state index contributed by atoms with van der Waals surface area (Å²) in [5.74, 6) is -0.00617. The second-order valence-electron chi connectivity index (χ2n) is 3.60. The zero-order valence-electron chi connectivity index (χ0n) is 9.52. The lowest BCUT2D eigenvalue weighted by atomic mass is 10.1. The van der Waals surface area contributed by atoms with E-state index in [0.29, 0.717) is 18.5 Å². The number of carbonyl (C=O) groups excluding carboxylic acids is 1. The monoisotopic (exact) mass is 249 g/mol. The molecular weight excluding hydrogens is 237 g/mol. The topological polar surface area (TPSA) is 67.2 Å². The van der Waals surface area contributed by atoms with Gasteiger partial charge in [-0.05, 0) is 18.1 Å². The van der Waals surface area contributed by atoms with E-state index in [1.54, 1.807) is 18.2 Å². The normalized spacial score (nSPS) is 10.1. The van der Waals surface area contributed by atoms with Crippen LogP contribution in [0, 0.1) is 5.82 Å². The summed E-state index contributed by atoms with van der Waals surface area (Å²) in [4.78, 5) is 11.4. The fourth-order valence-corrected chi connectivity index (χ4v) is 1.45. The molecule has 0 bridgehead atoms. The number of halogens is 1. The molecule has 0 radical (unpaired) electrons. The van der Waals surface area contributed by atoms with Gasteiger partial charge in [-0.15, -0.1) is 0 Å². The Morgan fingerprint density at radius 1 is 1.33 bits per heavy atom. The van der Waals surface area contributed by atoms with E-state index in [0.717, 1.165) is 0 Å². The molecule has 2 rings (SSSR count). The molecular formula is C12H12FN3O2. The van der Waals surface area contributed by atoms with Crippen molar-refractivity contribution in [2.24, 2.45) is 0 Å². The number of anilines is 1. The van der Waals surface area contributed by atoms with Gasteiger partial charge in [0.25, 0.3) is 0 Å². The van der Waals surface area contributed by atoms with Crippen LogP contribution < -0.4 is 10.6 Å². The molecule has 0 saturated heterocycles. The van der Waals surface area contributed by atoms with Gasteiger partial charge in [0.05, 0.1) is 6.20 Å². The van der Waals surface area contributed by atoms with Crippen molar-refractivity contribution < 1.29 is 13.7 Å². The molecule has 0 aliphatic heterocycles. The first-order chi connectivity index (χ1) is 8.75. The molecule has 2 amide bonds. The molecule has 0 fully saturated rings. The molecule has 1 aromatic heterocycles. The standard InChI is InChI=1S/C12H12FN3O2/c13-10-4-2-1-3-9(10)5-7-14-12(17)16-11-6-8-15-18-11/h1-4,6,8H,5,7H2,(H2,14,16,17). The third kappa shape index (κ3) is 3.31. The average molecular weight is 249 g/mol. The first kappa shape index (κ1) is 12.1. The third-order valence-corrected chi connectivity index (χ3v) is 2.31. The Balaban J connectivity index is 1.75. The number of benzene rings is 1. The maximum atomic E-state index is 13.3. The Bertz CT molecular complexity index is 514. The Morgan fingerprint density at radius 2 is 2.17 bits per heavy atom. The zero-order chi connectivity index (χ0) is 12.8. The van der Waals surface area contributed by atoms with E-state index in [9.17, 15) is 9.18 Å². The predicted octanol–water partition coefficient (Wildman–Crippen LogP) is 2.18. The summed E-state index contributed by atoms with van der Waals surface area (Å²) < 4.78 is 18.0. The quantitative estimate of drug-likeness (QED) is 0.872. The van der Waals surface area contributed by atoms with Gasteiger partial charge in [0.15, 0.2) is 0 Å². The summed E-state index contributed by atoms with van der Waals surface area (Å²) in [6, 6.07) is 7.57. The summed E-state index contributed by atoms with van der Waals surface area (Å²) in [7, 11) is 0. The van der Waals surface area contributed by atoms with E-state index in [1.807, 2.05) is 0 Å². The Labute approximate surface area is 103 Å². The number of nitrogens with zero attached hydrogens (tertiary/aromatic N) is 1. The number of rotatable bonds is 4. The van der Waals surface area contributed by atoms with Crippen LogP contribution in [-0.2, 0) is 6.42 Å². The van der Waals surface area contributed by atoms with Gasteiger partial charge in [0.1, 0.15) is 5.82 Å². The number of aromatic nitrogens is 1. The second-order valence-corrected chi connectivity index (χ2v) is 3.60. The first-order valence-electron chi connectivity index (χ1n) is 5.44. The highest BCUT2D eigenvalue weighted by molar-refractivity contribution is 5.87. The molecule has 18 heavy (non-hydrogen) atoms. The number of carbonyl (C=O) groups is 1. The summed E-state index contributed by atoms with van der Waals surface area (Å²) in [5, 5.41) is 8.49. The Kier molecular flexibility index (Phi) is 3.90. The lowest BCUT2D eigenvalue weighted by Crippen LogP contribution is -2.30. The zero-order valence-corrected chi connectivity index (χ0v) is 9.52. The largest absolute Gasteiger partial charge is 0.338 e. The number of amides is 2. The van der Waals surface area contributed by atoms with Gasteiger partial charge < -0.3 is 9.84 Å². The van der Waals surface area contributed by atoms with Crippen molar-refractivity contribution in [1.29, 1.82) is 0 Å². The van der Waals surface area contributed by atoms with Crippen LogP contribution in [-0.4, -0.2) is 17.7 Å². The molecule has 0 spiro atoms. The maximum absolute atomic E-state index is 13.3. The highest BCUT2D eigenvalue weighted by Crippen LogP contribution is 2.06. The summed E-state index contributed by atoms with van der Waals surface area (Å²) in [6.07, 6.45) is 1.85. The van der Waals surface area contributed by atoms with Crippen LogP contribution in [0.1, 0.15) is 5.56 Å². The van der Waals surface area contributed by atoms with E-state index < -0.39 is 6.03 Å². The van der Waals surface area contributed by atoms with Crippen LogP contribution in [0.25, 0.3) is 0 Å². The number of urea groups is 1. The van der Waals surface area contributed by atoms with Crippen LogP contribution >= 0.6 is 0 Å². The van der Waals surface area contributed by atoms with Crippen molar-refractivity contribution in [3.63, 3.8) is 0 Å². The van der Waals surface area contributed by atoms with Gasteiger partial charge in [-0.2, -0.15) is 0 Å². The fourth-order valence-electron chi connectivity index (χ4n) is 1.45. The van der Waals surface area contributed by atoms with Crippen molar-refractivity contribution >= 4 is 11.9 Å². The highest BCUT2D eigenvalue weighted by atomic mass is 19.1. The van der Waals surface area contributed by atoms with Gasteiger partial charge in [-0.3, -0.25) is 5.32 Å². The highest BCUT2D eigenvalue weighted by Gasteiger charge is 2.05. The minimum Gasteiger partial charge on any atom is -0.338 e. The Morgan fingerprint density at radius 3 is 2.89 bits per heavy atom. The summed E-state index contributed by atoms with van der Waals surface area (Å²) in [5.41, 5.74) is 0.567. The Hall–Kier alpha value is -2.37. The van der Waals surface area contributed by atoms with Crippen molar-refractivity contribution in [3.8, 4) is 0 Å². The molecule has 2 N–H and O–H groups in total. The average Bonchev–Trinajstić information content (AvgIpc) is 2.84. The van der Waals surface area contributed by atoms with Crippen LogP contribution in [0.3, 0.4) is 0 Å². The molecule has 1 aromatic carbocycles. The fraction of sp³-hybridized carbons (Fsp3) is 0.167. The van der Waals surface area contributed by atoms with Crippen LogP contribution in [0.2, 0.25) is 0 Å². The molecule has 2 aromatic rings. The molecule has 6 heteroatoms. The molecule has 1 heterocycles. The number of hydrogen-bond donors (Lipinski definition) is 2. The number of nitrogens with one attached hydrogen (secondary N) is 2. The lowest BCUT2D eigenvalue weighted by molar-refractivity contribution is 0.251.